The van der Waals surface area contributed by atoms with Crippen molar-refractivity contribution in [3.63, 3.8) is 0 Å². The van der Waals surface area contributed by atoms with E-state index in [2.05, 4.69) is 0 Å². The molecular weight excluding hydrogens is 156 g/mol. The van der Waals surface area contributed by atoms with Gasteiger partial charge < -0.3 is 0 Å². The Morgan fingerprint density at radius 3 is 1.55 bits per heavy atom. The molecule has 0 aromatic heterocycles. The van der Waals surface area contributed by atoms with Gasteiger partial charge in [-0.15, -0.1) is 10.0 Å². The van der Waals surface area contributed by atoms with Crippen molar-refractivity contribution in [3.8, 4) is 0 Å². The van der Waals surface area contributed by atoms with Crippen LogP contribution in [-0.4, -0.2) is 39.8 Å². The summed E-state index contributed by atoms with van der Waals surface area (Å²) >= 11 is 0. The first-order valence-electron chi connectivity index (χ1n) is 2.90. The molecule has 8 nitrogen and oxygen atoms in total. The summed E-state index contributed by atoms with van der Waals surface area (Å²) in [6.07, 6.45) is 0. The highest BCUT2D eigenvalue weighted by Crippen LogP contribution is 2.03. The van der Waals surface area contributed by atoms with Crippen LogP contribution in [0.3, 0.4) is 0 Å². The van der Waals surface area contributed by atoms with Crippen LogP contribution in [-0.2, 0) is 0 Å². The van der Waals surface area contributed by atoms with Crippen LogP contribution in [0, 0.1) is 20.2 Å². The molecule has 0 spiro atoms. The van der Waals surface area contributed by atoms with Crippen LogP contribution in [0.5, 0.6) is 0 Å². The van der Waals surface area contributed by atoms with Gasteiger partial charge >= 0.3 is 0 Å². The second-order valence-corrected chi connectivity index (χ2v) is 2.08. The van der Waals surface area contributed by atoms with Gasteiger partial charge in [0.25, 0.3) is 0 Å². The average Bonchev–Trinajstić information content (AvgIpc) is 2.33. The number of rotatable bonds is 2. The number of nitro groups is 2. The van der Waals surface area contributed by atoms with Gasteiger partial charge in [-0.25, -0.2) is 20.2 Å². The van der Waals surface area contributed by atoms with Gasteiger partial charge in [0, 0.05) is 0 Å². The molecule has 0 radical (unpaired) electrons. The van der Waals surface area contributed by atoms with Crippen molar-refractivity contribution in [2.24, 2.45) is 0 Å². The van der Waals surface area contributed by atoms with Gasteiger partial charge in [-0.3, -0.25) is 0 Å². The van der Waals surface area contributed by atoms with E-state index in [-0.39, 0.29) is 19.8 Å². The number of hydrogen-bond donors (Lipinski definition) is 0. The molecule has 0 atom stereocenters. The zero-order valence-electron chi connectivity index (χ0n) is 5.54. The number of hydrazine groups is 2. The molecule has 0 aliphatic carbocycles. The van der Waals surface area contributed by atoms with Crippen LogP contribution in [0.2, 0.25) is 0 Å². The van der Waals surface area contributed by atoms with Crippen LogP contribution in [0.4, 0.5) is 0 Å². The number of nitrogens with zero attached hydrogens (tertiary/aromatic N) is 4. The fraction of sp³-hybridized carbons (Fsp3) is 1.00. The first-order chi connectivity index (χ1) is 5.11. The fourth-order valence-corrected chi connectivity index (χ4v) is 0.827. The monoisotopic (exact) mass is 162 g/mol. The molecule has 62 valence electrons. The van der Waals surface area contributed by atoms with E-state index in [0.717, 1.165) is 10.0 Å². The second kappa shape index (κ2) is 2.56. The third-order valence-electron chi connectivity index (χ3n) is 1.40. The summed E-state index contributed by atoms with van der Waals surface area (Å²) in [6.45, 7) is -0.0258. The second-order valence-electron chi connectivity index (χ2n) is 2.08. The predicted octanol–water partition coefficient (Wildman–Crippen LogP) is -1.06. The summed E-state index contributed by atoms with van der Waals surface area (Å²) in [6, 6.07) is 0. The lowest BCUT2D eigenvalue weighted by atomic mass is 10.7. The third kappa shape index (κ3) is 1.45. The molecule has 1 aliphatic heterocycles. The van der Waals surface area contributed by atoms with Crippen molar-refractivity contribution in [1.82, 2.24) is 10.0 Å². The van der Waals surface area contributed by atoms with E-state index in [0.29, 0.717) is 0 Å². The maximum Gasteiger partial charge on any atom is 0.207 e. The fourth-order valence-electron chi connectivity index (χ4n) is 0.827. The van der Waals surface area contributed by atoms with E-state index in [4.69, 9.17) is 0 Å². The van der Waals surface area contributed by atoms with Gasteiger partial charge in [0.1, 0.15) is 13.1 Å². The molecule has 1 aliphatic rings. The molecule has 11 heavy (non-hydrogen) atoms. The third-order valence-corrected chi connectivity index (χ3v) is 1.40. The molecule has 1 saturated heterocycles. The quantitative estimate of drug-likeness (QED) is 0.379. The Morgan fingerprint density at radius 2 is 1.36 bits per heavy atom. The molecule has 1 heterocycles. The van der Waals surface area contributed by atoms with Crippen LogP contribution in [0.25, 0.3) is 0 Å². The molecule has 0 unspecified atom stereocenters. The van der Waals surface area contributed by atoms with E-state index < -0.39 is 10.1 Å². The van der Waals surface area contributed by atoms with Crippen molar-refractivity contribution in [3.05, 3.63) is 20.2 Å². The molecule has 1 rings (SSSR count). The Kier molecular flexibility index (Phi) is 1.75. The standard InChI is InChI=1S/C3H6N4O4/c8-6(9)4-1-2-5(3-4)7(10)11/h1-3H2. The van der Waals surface area contributed by atoms with Gasteiger partial charge in [0.2, 0.25) is 6.67 Å². The Morgan fingerprint density at radius 1 is 1.00 bits per heavy atom. The molecule has 0 N–H and O–H groups in total. The molecule has 8 heteroatoms. The Hall–Kier alpha value is -1.60. The van der Waals surface area contributed by atoms with E-state index >= 15 is 0 Å². The average molecular weight is 162 g/mol. The van der Waals surface area contributed by atoms with Crippen LogP contribution < -0.4 is 0 Å². The minimum absolute atomic E-state index is 0.105. The highest BCUT2D eigenvalue weighted by molar-refractivity contribution is 4.55. The lowest BCUT2D eigenvalue weighted by molar-refractivity contribution is -0.689. The van der Waals surface area contributed by atoms with E-state index in [1.165, 1.54) is 0 Å². The summed E-state index contributed by atoms with van der Waals surface area (Å²) in [7, 11) is 0. The largest absolute Gasteiger partial charge is 0.235 e. The van der Waals surface area contributed by atoms with E-state index in [1.54, 1.807) is 0 Å². The van der Waals surface area contributed by atoms with Gasteiger partial charge in [0.15, 0.2) is 10.1 Å². The van der Waals surface area contributed by atoms with Crippen molar-refractivity contribution in [1.29, 1.82) is 0 Å². The van der Waals surface area contributed by atoms with Gasteiger partial charge in [-0.2, -0.15) is 0 Å². The molecule has 0 bridgehead atoms. The van der Waals surface area contributed by atoms with Crippen LogP contribution in [0.1, 0.15) is 0 Å². The van der Waals surface area contributed by atoms with Gasteiger partial charge in [-0.05, 0) is 0 Å². The van der Waals surface area contributed by atoms with Crippen molar-refractivity contribution >= 4 is 0 Å². The smallest absolute Gasteiger partial charge is 0.207 e. The Balaban J connectivity index is 2.47. The summed E-state index contributed by atoms with van der Waals surface area (Å²) in [5, 5.41) is 20.4. The van der Waals surface area contributed by atoms with E-state index in [1.807, 2.05) is 0 Å². The molecular formula is C3H6N4O4. The normalized spacial score (nSPS) is 17.1. The zero-order valence-corrected chi connectivity index (χ0v) is 5.54. The van der Waals surface area contributed by atoms with Gasteiger partial charge in [-0.1, -0.05) is 0 Å². The molecule has 0 aromatic rings. The molecule has 0 amide bonds. The molecule has 0 saturated carbocycles. The van der Waals surface area contributed by atoms with Crippen LogP contribution >= 0.6 is 0 Å². The topological polar surface area (TPSA) is 92.8 Å². The summed E-state index contributed by atoms with van der Waals surface area (Å²) in [4.78, 5) is 20.1. The van der Waals surface area contributed by atoms with E-state index in [9.17, 15) is 20.2 Å². The summed E-state index contributed by atoms with van der Waals surface area (Å²) < 4.78 is 0. The lowest BCUT2D eigenvalue weighted by Gasteiger charge is -2.04. The van der Waals surface area contributed by atoms with Crippen molar-refractivity contribution < 1.29 is 10.1 Å². The van der Waals surface area contributed by atoms with Crippen LogP contribution in [0.15, 0.2) is 0 Å². The molecule has 0 aromatic carbocycles. The van der Waals surface area contributed by atoms with Gasteiger partial charge in [0.05, 0.1) is 0 Å². The first kappa shape index (κ1) is 7.51. The van der Waals surface area contributed by atoms with Crippen molar-refractivity contribution in [2.45, 2.75) is 0 Å². The zero-order chi connectivity index (χ0) is 8.43. The minimum Gasteiger partial charge on any atom is -0.235 e. The summed E-state index contributed by atoms with van der Waals surface area (Å²) in [5.41, 5.74) is 0. The predicted molar refractivity (Wildman–Crippen MR) is 32.3 cm³/mol. The molecule has 1 fully saturated rings. The first-order valence-corrected chi connectivity index (χ1v) is 2.90. The van der Waals surface area contributed by atoms with Crippen molar-refractivity contribution in [2.75, 3.05) is 19.8 Å². The highest BCUT2D eigenvalue weighted by atomic mass is 16.7. The Labute approximate surface area is 61.2 Å². The summed E-state index contributed by atoms with van der Waals surface area (Å²) in [5.74, 6) is 0. The maximum absolute atomic E-state index is 10.1. The maximum atomic E-state index is 10.1. The highest BCUT2D eigenvalue weighted by Gasteiger charge is 2.32. The minimum atomic E-state index is -0.635. The SMILES string of the molecule is O=[N+]([O-])N1CCN([N+](=O)[O-])C1. The number of hydrogen-bond acceptors (Lipinski definition) is 4. The lowest BCUT2D eigenvalue weighted by Crippen LogP contribution is -2.32. The Bertz CT molecular complexity index is 174.